The van der Waals surface area contributed by atoms with Gasteiger partial charge in [0, 0.05) is 36.9 Å². The first kappa shape index (κ1) is 33.7. The number of imidazole rings is 1. The summed E-state index contributed by atoms with van der Waals surface area (Å²) in [5.41, 5.74) is 1.96. The van der Waals surface area contributed by atoms with Gasteiger partial charge in [-0.05, 0) is 76.4 Å². The second-order valence-electron chi connectivity index (χ2n) is 12.1. The quantitative estimate of drug-likeness (QED) is 0.228. The fraction of sp³-hybridized carbons (Fsp3) is 0.484. The van der Waals surface area contributed by atoms with Crippen molar-refractivity contribution in [3.8, 4) is 0 Å². The number of ether oxygens (including phenoxy) is 1. The Morgan fingerprint density at radius 3 is 2.36 bits per heavy atom. The summed E-state index contributed by atoms with van der Waals surface area (Å²) in [5, 5.41) is 15.4. The Balaban J connectivity index is 1.33. The highest BCUT2D eigenvalue weighted by molar-refractivity contribution is 7.89. The van der Waals surface area contributed by atoms with E-state index in [1.165, 1.54) is 4.57 Å². The maximum absolute atomic E-state index is 13.1. The van der Waals surface area contributed by atoms with Gasteiger partial charge < -0.3 is 25.4 Å². The molecule has 0 unspecified atom stereocenters. The minimum absolute atomic E-state index is 0.0749. The number of aromatic nitrogens is 2. The lowest BCUT2D eigenvalue weighted by Gasteiger charge is -2.34. The molecule has 4 rings (SSSR count). The molecule has 1 saturated heterocycles. The smallest absolute Gasteiger partial charge is 0.421 e. The van der Waals surface area contributed by atoms with Crippen LogP contribution in [0.2, 0.25) is 0 Å². The topological polar surface area (TPSA) is 172 Å². The number of nitrogens with zero attached hydrogens (tertiary/aromatic N) is 3. The summed E-state index contributed by atoms with van der Waals surface area (Å²) in [5.74, 6) is -1.61. The first-order chi connectivity index (χ1) is 21.3. The minimum atomic E-state index is -3.78. The molecule has 2 aromatic carbocycles. The molecule has 0 spiro atoms. The van der Waals surface area contributed by atoms with E-state index in [0.29, 0.717) is 35.4 Å². The molecule has 1 aliphatic rings. The number of anilines is 2. The van der Waals surface area contributed by atoms with Crippen LogP contribution in [0.1, 0.15) is 63.7 Å². The number of piperidine rings is 1. The van der Waals surface area contributed by atoms with Gasteiger partial charge in [-0.1, -0.05) is 25.5 Å². The first-order valence-corrected chi connectivity index (χ1v) is 16.7. The van der Waals surface area contributed by atoms with Crippen LogP contribution in [0, 0.1) is 0 Å². The van der Waals surface area contributed by atoms with Gasteiger partial charge in [-0.15, -0.1) is 0 Å². The number of nitrogens with one attached hydrogen (secondary N) is 3. The van der Waals surface area contributed by atoms with E-state index in [2.05, 4.69) is 25.2 Å². The number of carbonyl (C=O) groups is 3. The molecule has 2 heterocycles. The molecule has 1 amide bonds. The SMILES string of the molecule is CCCCS(=O)(=O)N[C@@H](CNC(=O)c1ccc(N2CCC(Nc3nc4ccccc4n3C(=O)OC(C)(C)C)CC2)cc1)C(=O)O. The monoisotopic (exact) mass is 642 g/mol. The van der Waals surface area contributed by atoms with Crippen molar-refractivity contribution in [1.82, 2.24) is 19.6 Å². The number of amides is 1. The van der Waals surface area contributed by atoms with E-state index in [-0.39, 0.29) is 18.3 Å². The molecule has 0 saturated carbocycles. The number of sulfonamides is 1. The van der Waals surface area contributed by atoms with Crippen molar-refractivity contribution in [2.24, 2.45) is 0 Å². The standard InChI is InChI=1S/C31H42N6O7S/c1-5-6-19-45(42,43)35-25(28(39)40)20-32-27(38)21-11-13-23(14-12-21)36-17-15-22(16-18-36)33-29-34-24-9-7-8-10-26(24)37(29)30(41)44-31(2,3)4/h7-14,22,25,35H,5-6,15-20H2,1-4H3,(H,32,38)(H,33,34)(H,39,40)/t25-/m0/s1. The molecule has 0 bridgehead atoms. The molecule has 1 atom stereocenters. The van der Waals surface area contributed by atoms with Crippen LogP contribution in [0.3, 0.4) is 0 Å². The molecular formula is C31H42N6O7S. The maximum Gasteiger partial charge on any atom is 0.421 e. The third-order valence-corrected chi connectivity index (χ3v) is 8.78. The molecule has 1 aliphatic heterocycles. The summed E-state index contributed by atoms with van der Waals surface area (Å²) < 4.78 is 33.5. The zero-order chi connectivity index (χ0) is 32.8. The molecule has 45 heavy (non-hydrogen) atoms. The Bertz CT molecular complexity index is 1610. The molecule has 1 fully saturated rings. The Kier molecular flexibility index (Phi) is 10.7. The summed E-state index contributed by atoms with van der Waals surface area (Å²) in [7, 11) is -3.78. The van der Waals surface area contributed by atoms with E-state index in [1.54, 1.807) is 12.1 Å². The van der Waals surface area contributed by atoms with Crippen LogP contribution in [0.15, 0.2) is 48.5 Å². The van der Waals surface area contributed by atoms with Crippen molar-refractivity contribution in [2.75, 3.05) is 35.6 Å². The number of unbranched alkanes of at least 4 members (excludes halogenated alkanes) is 1. The highest BCUT2D eigenvalue weighted by Crippen LogP contribution is 2.26. The van der Waals surface area contributed by atoms with Crippen molar-refractivity contribution in [2.45, 2.75) is 71.1 Å². The lowest BCUT2D eigenvalue weighted by atomic mass is 10.0. The predicted octanol–water partition coefficient (Wildman–Crippen LogP) is 3.80. The number of carboxylic acid groups (broad SMARTS) is 1. The highest BCUT2D eigenvalue weighted by Gasteiger charge is 2.27. The fourth-order valence-electron chi connectivity index (χ4n) is 4.99. The molecular weight excluding hydrogens is 600 g/mol. The fourth-order valence-corrected chi connectivity index (χ4v) is 6.39. The van der Waals surface area contributed by atoms with Crippen molar-refractivity contribution < 1.29 is 32.6 Å². The number of carbonyl (C=O) groups excluding carboxylic acids is 2. The first-order valence-electron chi connectivity index (χ1n) is 15.1. The lowest BCUT2D eigenvalue weighted by molar-refractivity contribution is -0.138. The number of hydrogen-bond donors (Lipinski definition) is 4. The largest absolute Gasteiger partial charge is 0.480 e. The predicted molar refractivity (Wildman–Crippen MR) is 172 cm³/mol. The van der Waals surface area contributed by atoms with Gasteiger partial charge in [-0.25, -0.2) is 22.8 Å². The molecule has 0 aliphatic carbocycles. The second kappa shape index (κ2) is 14.3. The number of hydrogen-bond acceptors (Lipinski definition) is 9. The number of carboxylic acids is 1. The molecule has 1 aromatic heterocycles. The maximum atomic E-state index is 13.1. The number of aliphatic carboxylic acids is 1. The molecule has 13 nitrogen and oxygen atoms in total. The van der Waals surface area contributed by atoms with Crippen LogP contribution in [-0.4, -0.2) is 84.1 Å². The van der Waals surface area contributed by atoms with Gasteiger partial charge in [0.2, 0.25) is 16.0 Å². The van der Waals surface area contributed by atoms with Gasteiger partial charge >= 0.3 is 12.1 Å². The van der Waals surface area contributed by atoms with E-state index >= 15 is 0 Å². The van der Waals surface area contributed by atoms with Gasteiger partial charge in [0.15, 0.2) is 0 Å². The van der Waals surface area contributed by atoms with E-state index in [1.807, 2.05) is 64.1 Å². The molecule has 3 aromatic rings. The average Bonchev–Trinajstić information content (AvgIpc) is 3.35. The van der Waals surface area contributed by atoms with Gasteiger partial charge in [0.05, 0.1) is 16.8 Å². The Morgan fingerprint density at radius 1 is 1.07 bits per heavy atom. The molecule has 4 N–H and O–H groups in total. The van der Waals surface area contributed by atoms with E-state index in [9.17, 15) is 27.9 Å². The lowest BCUT2D eigenvalue weighted by Crippen LogP contribution is -2.48. The van der Waals surface area contributed by atoms with Crippen molar-refractivity contribution in [3.63, 3.8) is 0 Å². The van der Waals surface area contributed by atoms with Crippen LogP contribution in [-0.2, 0) is 19.6 Å². The molecule has 0 radical (unpaired) electrons. The zero-order valence-corrected chi connectivity index (χ0v) is 26.9. The summed E-state index contributed by atoms with van der Waals surface area (Å²) in [6, 6.07) is 13.0. The van der Waals surface area contributed by atoms with E-state index in [4.69, 9.17) is 4.74 Å². The van der Waals surface area contributed by atoms with Crippen LogP contribution < -0.4 is 20.3 Å². The average molecular weight is 643 g/mol. The summed E-state index contributed by atoms with van der Waals surface area (Å²) in [4.78, 5) is 44.2. The highest BCUT2D eigenvalue weighted by atomic mass is 32.2. The van der Waals surface area contributed by atoms with E-state index < -0.39 is 39.6 Å². The van der Waals surface area contributed by atoms with Gasteiger partial charge in [0.1, 0.15) is 11.6 Å². The number of fused-ring (bicyclic) bond motifs is 1. The van der Waals surface area contributed by atoms with Crippen LogP contribution in [0.4, 0.5) is 16.4 Å². The number of para-hydroxylation sites is 2. The molecule has 14 heteroatoms. The Morgan fingerprint density at radius 2 is 1.73 bits per heavy atom. The van der Waals surface area contributed by atoms with Gasteiger partial charge in [-0.2, -0.15) is 4.72 Å². The number of benzene rings is 2. The van der Waals surface area contributed by atoms with Crippen LogP contribution in [0.25, 0.3) is 11.0 Å². The number of rotatable bonds is 12. The summed E-state index contributed by atoms with van der Waals surface area (Å²) in [6.07, 6.45) is 2.13. The Hall–Kier alpha value is -4.17. The van der Waals surface area contributed by atoms with Crippen molar-refractivity contribution in [1.29, 1.82) is 0 Å². The van der Waals surface area contributed by atoms with Gasteiger partial charge in [0.25, 0.3) is 5.91 Å². The third-order valence-electron chi connectivity index (χ3n) is 7.31. The summed E-state index contributed by atoms with van der Waals surface area (Å²) >= 11 is 0. The minimum Gasteiger partial charge on any atom is -0.480 e. The van der Waals surface area contributed by atoms with Crippen molar-refractivity contribution in [3.05, 3.63) is 54.1 Å². The zero-order valence-electron chi connectivity index (χ0n) is 26.1. The van der Waals surface area contributed by atoms with E-state index in [0.717, 1.165) is 31.6 Å². The van der Waals surface area contributed by atoms with Crippen LogP contribution >= 0.6 is 0 Å². The molecule has 244 valence electrons. The van der Waals surface area contributed by atoms with Gasteiger partial charge in [-0.3, -0.25) is 9.59 Å². The third kappa shape index (κ3) is 9.17. The van der Waals surface area contributed by atoms with Crippen molar-refractivity contribution >= 4 is 50.7 Å². The second-order valence-corrected chi connectivity index (χ2v) is 14.0. The van der Waals surface area contributed by atoms with Crippen LogP contribution in [0.5, 0.6) is 0 Å². The summed E-state index contributed by atoms with van der Waals surface area (Å²) in [6.45, 7) is 8.38. The Labute approximate surface area is 263 Å². The normalized spacial score (nSPS) is 15.1.